The molecule has 1 atom stereocenters. The molecule has 15 heavy (non-hydrogen) atoms. The lowest BCUT2D eigenvalue weighted by Crippen LogP contribution is -2.24. The second kappa shape index (κ2) is 6.29. The Balaban J connectivity index is 2.47. The first kappa shape index (κ1) is 12.7. The van der Waals surface area contributed by atoms with Crippen LogP contribution in [0.3, 0.4) is 0 Å². The van der Waals surface area contributed by atoms with Crippen LogP contribution in [-0.4, -0.2) is 13.1 Å². The molecule has 1 aromatic rings. The van der Waals surface area contributed by atoms with Gasteiger partial charge in [-0.1, -0.05) is 54.9 Å². The summed E-state index contributed by atoms with van der Waals surface area (Å²) >= 11 is 3.59. The predicted molar refractivity (Wildman–Crippen MR) is 70.3 cm³/mol. The summed E-state index contributed by atoms with van der Waals surface area (Å²) in [5, 5.41) is 3.49. The van der Waals surface area contributed by atoms with E-state index in [-0.39, 0.29) is 0 Å². The topological polar surface area (TPSA) is 12.0 Å². The first-order chi connectivity index (χ1) is 7.11. The minimum Gasteiger partial charge on any atom is -0.316 e. The quantitative estimate of drug-likeness (QED) is 0.858. The van der Waals surface area contributed by atoms with Gasteiger partial charge in [-0.15, -0.1) is 0 Å². The van der Waals surface area contributed by atoms with E-state index in [4.69, 9.17) is 0 Å². The standard InChI is InChI=1S/C13H20BrN/c1-10(2)8-15-9-11(3)12-6-4-5-7-13(12)14/h4-7,10-11,15H,8-9H2,1-3H3. The van der Waals surface area contributed by atoms with Gasteiger partial charge >= 0.3 is 0 Å². The van der Waals surface area contributed by atoms with Gasteiger partial charge in [-0.25, -0.2) is 0 Å². The summed E-state index contributed by atoms with van der Waals surface area (Å²) in [5.41, 5.74) is 1.38. The third-order valence-corrected chi connectivity index (χ3v) is 3.16. The highest BCUT2D eigenvalue weighted by Crippen LogP contribution is 2.23. The van der Waals surface area contributed by atoms with Crippen LogP contribution in [0.25, 0.3) is 0 Å². The Morgan fingerprint density at radius 3 is 2.40 bits per heavy atom. The molecule has 0 radical (unpaired) electrons. The van der Waals surface area contributed by atoms with Gasteiger partial charge < -0.3 is 5.32 Å². The molecule has 0 saturated heterocycles. The molecule has 84 valence electrons. The molecule has 1 rings (SSSR count). The van der Waals surface area contributed by atoms with Crippen LogP contribution < -0.4 is 5.32 Å². The van der Waals surface area contributed by atoms with Crippen LogP contribution in [0.1, 0.15) is 32.3 Å². The summed E-state index contributed by atoms with van der Waals surface area (Å²) in [7, 11) is 0. The van der Waals surface area contributed by atoms with Crippen molar-refractivity contribution in [1.29, 1.82) is 0 Å². The number of rotatable bonds is 5. The lowest BCUT2D eigenvalue weighted by molar-refractivity contribution is 0.528. The highest BCUT2D eigenvalue weighted by Gasteiger charge is 2.08. The molecule has 0 saturated carbocycles. The Labute approximate surface area is 101 Å². The zero-order valence-corrected chi connectivity index (χ0v) is 11.3. The van der Waals surface area contributed by atoms with Crippen LogP contribution in [0.4, 0.5) is 0 Å². The fourth-order valence-electron chi connectivity index (χ4n) is 1.57. The zero-order chi connectivity index (χ0) is 11.3. The first-order valence-corrected chi connectivity index (χ1v) is 6.35. The molecule has 1 aromatic carbocycles. The van der Waals surface area contributed by atoms with Gasteiger partial charge in [0.05, 0.1) is 0 Å². The van der Waals surface area contributed by atoms with Crippen molar-refractivity contribution in [3.05, 3.63) is 34.3 Å². The third-order valence-electron chi connectivity index (χ3n) is 2.44. The average molecular weight is 270 g/mol. The van der Waals surface area contributed by atoms with Crippen molar-refractivity contribution in [2.24, 2.45) is 5.92 Å². The molecule has 0 aliphatic heterocycles. The molecule has 1 N–H and O–H groups in total. The first-order valence-electron chi connectivity index (χ1n) is 5.56. The Kier molecular flexibility index (Phi) is 5.34. The van der Waals surface area contributed by atoms with Crippen molar-refractivity contribution in [2.45, 2.75) is 26.7 Å². The van der Waals surface area contributed by atoms with Crippen molar-refractivity contribution in [2.75, 3.05) is 13.1 Å². The van der Waals surface area contributed by atoms with Gasteiger partial charge in [-0.3, -0.25) is 0 Å². The lowest BCUT2D eigenvalue weighted by atomic mass is 10.0. The number of halogens is 1. The van der Waals surface area contributed by atoms with Gasteiger partial charge in [-0.05, 0) is 30.0 Å². The van der Waals surface area contributed by atoms with Gasteiger partial charge in [0, 0.05) is 11.0 Å². The van der Waals surface area contributed by atoms with E-state index < -0.39 is 0 Å². The van der Waals surface area contributed by atoms with E-state index in [1.165, 1.54) is 10.0 Å². The van der Waals surface area contributed by atoms with E-state index in [1.807, 2.05) is 0 Å². The average Bonchev–Trinajstić information content (AvgIpc) is 2.17. The fraction of sp³-hybridized carbons (Fsp3) is 0.538. The summed E-state index contributed by atoms with van der Waals surface area (Å²) < 4.78 is 1.21. The summed E-state index contributed by atoms with van der Waals surface area (Å²) in [4.78, 5) is 0. The molecule has 0 aromatic heterocycles. The number of benzene rings is 1. The molecule has 0 bridgehead atoms. The molecule has 0 fully saturated rings. The Hall–Kier alpha value is -0.340. The lowest BCUT2D eigenvalue weighted by Gasteiger charge is -2.15. The highest BCUT2D eigenvalue weighted by molar-refractivity contribution is 9.10. The maximum atomic E-state index is 3.59. The molecule has 0 aliphatic carbocycles. The van der Waals surface area contributed by atoms with Crippen LogP contribution in [0.2, 0.25) is 0 Å². The second-order valence-electron chi connectivity index (χ2n) is 4.47. The van der Waals surface area contributed by atoms with Crippen LogP contribution in [0, 0.1) is 5.92 Å². The fourth-order valence-corrected chi connectivity index (χ4v) is 2.25. The van der Waals surface area contributed by atoms with E-state index in [0.29, 0.717) is 5.92 Å². The summed E-state index contributed by atoms with van der Waals surface area (Å²) in [5.74, 6) is 1.27. The highest BCUT2D eigenvalue weighted by atomic mass is 79.9. The molecule has 0 aliphatic rings. The number of hydrogen-bond acceptors (Lipinski definition) is 1. The van der Waals surface area contributed by atoms with Crippen LogP contribution in [0.5, 0.6) is 0 Å². The van der Waals surface area contributed by atoms with Gasteiger partial charge in [0.25, 0.3) is 0 Å². The Bertz CT molecular complexity index is 296. The molecule has 1 unspecified atom stereocenters. The number of hydrogen-bond donors (Lipinski definition) is 1. The van der Waals surface area contributed by atoms with Gasteiger partial charge in [0.15, 0.2) is 0 Å². The molecule has 0 spiro atoms. The maximum absolute atomic E-state index is 3.59. The van der Waals surface area contributed by atoms with Crippen molar-refractivity contribution in [3.8, 4) is 0 Å². The van der Waals surface area contributed by atoms with Crippen molar-refractivity contribution >= 4 is 15.9 Å². The number of nitrogens with one attached hydrogen (secondary N) is 1. The van der Waals surface area contributed by atoms with E-state index in [9.17, 15) is 0 Å². The van der Waals surface area contributed by atoms with Crippen molar-refractivity contribution in [3.63, 3.8) is 0 Å². The summed E-state index contributed by atoms with van der Waals surface area (Å²) in [6.45, 7) is 8.86. The predicted octanol–water partition coefficient (Wildman–Crippen LogP) is 3.80. The smallest absolute Gasteiger partial charge is 0.0210 e. The minimum absolute atomic E-state index is 0.555. The van der Waals surface area contributed by atoms with E-state index >= 15 is 0 Å². The minimum atomic E-state index is 0.555. The van der Waals surface area contributed by atoms with E-state index in [0.717, 1.165) is 19.0 Å². The summed E-state index contributed by atoms with van der Waals surface area (Å²) in [6.07, 6.45) is 0. The largest absolute Gasteiger partial charge is 0.316 e. The normalized spacial score (nSPS) is 13.1. The van der Waals surface area contributed by atoms with Gasteiger partial charge in [0.2, 0.25) is 0 Å². The van der Waals surface area contributed by atoms with Gasteiger partial charge in [0.1, 0.15) is 0 Å². The molecule has 0 amide bonds. The van der Waals surface area contributed by atoms with Crippen molar-refractivity contribution in [1.82, 2.24) is 5.32 Å². The molecular formula is C13H20BrN. The molecule has 0 heterocycles. The molecule has 2 heteroatoms. The third kappa shape index (κ3) is 4.35. The SMILES string of the molecule is CC(C)CNCC(C)c1ccccc1Br. The van der Waals surface area contributed by atoms with Crippen LogP contribution in [-0.2, 0) is 0 Å². The Morgan fingerprint density at radius 2 is 1.80 bits per heavy atom. The van der Waals surface area contributed by atoms with E-state index in [1.54, 1.807) is 0 Å². The Morgan fingerprint density at radius 1 is 1.13 bits per heavy atom. The monoisotopic (exact) mass is 269 g/mol. The maximum Gasteiger partial charge on any atom is 0.0210 e. The van der Waals surface area contributed by atoms with Crippen LogP contribution in [0.15, 0.2) is 28.7 Å². The van der Waals surface area contributed by atoms with E-state index in [2.05, 4.69) is 66.3 Å². The van der Waals surface area contributed by atoms with Crippen molar-refractivity contribution < 1.29 is 0 Å². The molecular weight excluding hydrogens is 250 g/mol. The second-order valence-corrected chi connectivity index (χ2v) is 5.33. The summed E-state index contributed by atoms with van der Waals surface area (Å²) in [6, 6.07) is 8.45. The van der Waals surface area contributed by atoms with Crippen LogP contribution >= 0.6 is 15.9 Å². The van der Waals surface area contributed by atoms with Gasteiger partial charge in [-0.2, -0.15) is 0 Å². The zero-order valence-electron chi connectivity index (χ0n) is 9.76. The molecule has 1 nitrogen and oxygen atoms in total.